The predicted octanol–water partition coefficient (Wildman–Crippen LogP) is 1.88. The van der Waals surface area contributed by atoms with Crippen molar-refractivity contribution in [2.45, 2.75) is 11.4 Å². The smallest absolute Gasteiger partial charge is 0.243 e. The summed E-state index contributed by atoms with van der Waals surface area (Å²) in [4.78, 5) is 26.6. The molecule has 8 heteroatoms. The summed E-state index contributed by atoms with van der Waals surface area (Å²) in [5, 5.41) is 2.78. The van der Waals surface area contributed by atoms with E-state index in [1.165, 1.54) is 12.1 Å². The highest BCUT2D eigenvalue weighted by Gasteiger charge is 2.24. The molecule has 0 fully saturated rings. The number of allylic oxidation sites excluding steroid dienone is 2. The Labute approximate surface area is 175 Å². The number of nitrogens with one attached hydrogen (secondary N) is 1. The third kappa shape index (κ3) is 5.65. The second-order valence-corrected chi connectivity index (χ2v) is 8.87. The molecule has 1 amide bonds. The van der Waals surface area contributed by atoms with Gasteiger partial charge in [-0.3, -0.25) is 9.59 Å². The summed E-state index contributed by atoms with van der Waals surface area (Å²) >= 11 is 0. The highest BCUT2D eigenvalue weighted by molar-refractivity contribution is 7.92. The van der Waals surface area contributed by atoms with Gasteiger partial charge in [-0.1, -0.05) is 36.4 Å². The van der Waals surface area contributed by atoms with Gasteiger partial charge in [-0.2, -0.15) is 0 Å². The number of rotatable bonds is 8. The lowest BCUT2D eigenvalue weighted by Gasteiger charge is -2.23. The van der Waals surface area contributed by atoms with Crippen molar-refractivity contribution in [3.8, 4) is 0 Å². The van der Waals surface area contributed by atoms with Crippen LogP contribution in [0.25, 0.3) is 0 Å². The number of hydrogen-bond acceptors (Lipinski definition) is 6. The Hall–Kier alpha value is -3.23. The molecule has 0 aliphatic carbocycles. The normalized spacial score (nSPS) is 13.6. The zero-order valence-corrected chi connectivity index (χ0v) is 17.1. The summed E-state index contributed by atoms with van der Waals surface area (Å²) in [6, 6.07) is 15.2. The lowest BCUT2D eigenvalue weighted by Crippen LogP contribution is -2.34. The first-order chi connectivity index (χ1) is 14.4. The van der Waals surface area contributed by atoms with E-state index in [4.69, 9.17) is 5.73 Å². The first-order valence-corrected chi connectivity index (χ1v) is 11.0. The number of amides is 1. The van der Waals surface area contributed by atoms with E-state index < -0.39 is 21.4 Å². The van der Waals surface area contributed by atoms with Crippen molar-refractivity contribution in [3.05, 3.63) is 84.1 Å². The number of nitrogens with two attached hydrogens (primary N) is 1. The summed E-state index contributed by atoms with van der Waals surface area (Å²) < 4.78 is 25.1. The SMILES string of the molecule is NCc1ccc(S(=O)(=O)CC(=O)C2=CC=CN(CC(=O)Nc3ccccc3)C2)cc1. The molecule has 0 bridgehead atoms. The number of Topliss-reactive ketones (excluding diaryl/α,β-unsaturated/α-hetero) is 1. The van der Waals surface area contributed by atoms with Crippen LogP contribution in [0.5, 0.6) is 0 Å². The number of carbonyl (C=O) groups excluding carboxylic acids is 2. The van der Waals surface area contributed by atoms with Gasteiger partial charge in [-0.25, -0.2) is 8.42 Å². The van der Waals surface area contributed by atoms with E-state index in [0.29, 0.717) is 17.8 Å². The number of benzene rings is 2. The van der Waals surface area contributed by atoms with Gasteiger partial charge in [-0.15, -0.1) is 0 Å². The number of carbonyl (C=O) groups is 2. The Kier molecular flexibility index (Phi) is 6.81. The topological polar surface area (TPSA) is 110 Å². The van der Waals surface area contributed by atoms with Gasteiger partial charge in [0.15, 0.2) is 15.6 Å². The lowest BCUT2D eigenvalue weighted by atomic mass is 10.1. The third-order valence-electron chi connectivity index (χ3n) is 4.57. The van der Waals surface area contributed by atoms with Gasteiger partial charge >= 0.3 is 0 Å². The number of para-hydroxylation sites is 1. The Balaban J connectivity index is 1.59. The first-order valence-electron chi connectivity index (χ1n) is 9.38. The molecule has 0 unspecified atom stereocenters. The van der Waals surface area contributed by atoms with Crippen LogP contribution in [0.4, 0.5) is 5.69 Å². The number of anilines is 1. The van der Waals surface area contributed by atoms with Crippen molar-refractivity contribution in [1.82, 2.24) is 4.90 Å². The van der Waals surface area contributed by atoms with Crippen LogP contribution in [-0.2, 0) is 26.0 Å². The van der Waals surface area contributed by atoms with E-state index in [2.05, 4.69) is 5.32 Å². The fourth-order valence-corrected chi connectivity index (χ4v) is 4.23. The Morgan fingerprint density at radius 1 is 1.03 bits per heavy atom. The predicted molar refractivity (Wildman–Crippen MR) is 115 cm³/mol. The van der Waals surface area contributed by atoms with E-state index >= 15 is 0 Å². The van der Waals surface area contributed by atoms with Crippen molar-refractivity contribution in [3.63, 3.8) is 0 Å². The molecule has 2 aromatic rings. The fraction of sp³-hybridized carbons (Fsp3) is 0.182. The number of hydrogen-bond donors (Lipinski definition) is 2. The van der Waals surface area contributed by atoms with Crippen LogP contribution in [0.2, 0.25) is 0 Å². The molecule has 0 saturated heterocycles. The molecule has 30 heavy (non-hydrogen) atoms. The average Bonchev–Trinajstić information content (AvgIpc) is 2.74. The van der Waals surface area contributed by atoms with Gasteiger partial charge in [-0.05, 0) is 42.1 Å². The van der Waals surface area contributed by atoms with Crippen molar-refractivity contribution in [2.75, 3.05) is 24.2 Å². The Bertz CT molecular complexity index is 1080. The molecule has 1 heterocycles. The molecule has 0 aromatic heterocycles. The quantitative estimate of drug-likeness (QED) is 0.668. The number of sulfone groups is 1. The standard InChI is InChI=1S/C22H23N3O4S/c23-13-17-8-10-20(11-9-17)30(28,29)16-21(26)18-5-4-12-25(14-18)15-22(27)24-19-6-2-1-3-7-19/h1-12H,13-16,23H2,(H,24,27). The maximum atomic E-state index is 12.6. The minimum Gasteiger partial charge on any atom is -0.364 e. The Morgan fingerprint density at radius 2 is 1.73 bits per heavy atom. The molecule has 7 nitrogen and oxygen atoms in total. The molecule has 1 aliphatic heterocycles. The minimum absolute atomic E-state index is 0.0450. The van der Waals surface area contributed by atoms with Gasteiger partial charge in [0.1, 0.15) is 5.75 Å². The van der Waals surface area contributed by atoms with E-state index in [9.17, 15) is 18.0 Å². The summed E-state index contributed by atoms with van der Waals surface area (Å²) in [5.41, 5.74) is 7.36. The number of ketones is 1. The molecule has 3 rings (SSSR count). The van der Waals surface area contributed by atoms with Crippen LogP contribution in [0.15, 0.2) is 83.4 Å². The highest BCUT2D eigenvalue weighted by atomic mass is 32.2. The van der Waals surface area contributed by atoms with Crippen molar-refractivity contribution in [2.24, 2.45) is 5.73 Å². The molecule has 0 spiro atoms. The molecular weight excluding hydrogens is 402 g/mol. The van der Waals surface area contributed by atoms with Gasteiger partial charge < -0.3 is 16.0 Å². The van der Waals surface area contributed by atoms with Crippen LogP contribution in [0.3, 0.4) is 0 Å². The van der Waals surface area contributed by atoms with Gasteiger partial charge in [0.05, 0.1) is 11.4 Å². The molecule has 0 radical (unpaired) electrons. The van der Waals surface area contributed by atoms with Crippen molar-refractivity contribution >= 4 is 27.2 Å². The first kappa shape index (κ1) is 21.5. The van der Waals surface area contributed by atoms with Crippen LogP contribution < -0.4 is 11.1 Å². The van der Waals surface area contributed by atoms with Crippen LogP contribution in [-0.4, -0.2) is 43.9 Å². The van der Waals surface area contributed by atoms with Crippen LogP contribution in [0.1, 0.15) is 5.56 Å². The van der Waals surface area contributed by atoms with Crippen LogP contribution in [0, 0.1) is 0 Å². The lowest BCUT2D eigenvalue weighted by molar-refractivity contribution is -0.117. The molecule has 1 aliphatic rings. The minimum atomic E-state index is -3.77. The third-order valence-corrected chi connectivity index (χ3v) is 6.20. The second-order valence-electron chi connectivity index (χ2n) is 6.88. The zero-order valence-electron chi connectivity index (χ0n) is 16.3. The summed E-state index contributed by atoms with van der Waals surface area (Å²) in [7, 11) is -3.77. The van der Waals surface area contributed by atoms with Gasteiger partial charge in [0.2, 0.25) is 5.91 Å². The zero-order chi connectivity index (χ0) is 21.6. The van der Waals surface area contributed by atoms with Crippen molar-refractivity contribution < 1.29 is 18.0 Å². The number of nitrogens with zero attached hydrogens (tertiary/aromatic N) is 1. The molecular formula is C22H23N3O4S. The van der Waals surface area contributed by atoms with Crippen LogP contribution >= 0.6 is 0 Å². The van der Waals surface area contributed by atoms with Gasteiger partial charge in [0, 0.05) is 24.4 Å². The summed E-state index contributed by atoms with van der Waals surface area (Å²) in [6.07, 6.45) is 4.91. The van der Waals surface area contributed by atoms with E-state index in [1.807, 2.05) is 18.2 Å². The fourth-order valence-electron chi connectivity index (χ4n) is 2.98. The van der Waals surface area contributed by atoms with E-state index in [1.54, 1.807) is 47.5 Å². The second kappa shape index (κ2) is 9.51. The average molecular weight is 426 g/mol. The van der Waals surface area contributed by atoms with E-state index in [-0.39, 0.29) is 23.9 Å². The molecule has 0 saturated carbocycles. The maximum Gasteiger partial charge on any atom is 0.243 e. The summed E-state index contributed by atoms with van der Waals surface area (Å²) in [5.74, 6) is -1.35. The molecule has 156 valence electrons. The highest BCUT2D eigenvalue weighted by Crippen LogP contribution is 2.16. The monoisotopic (exact) mass is 425 g/mol. The maximum absolute atomic E-state index is 12.6. The van der Waals surface area contributed by atoms with Gasteiger partial charge in [0.25, 0.3) is 0 Å². The Morgan fingerprint density at radius 3 is 2.40 bits per heavy atom. The summed E-state index contributed by atoms with van der Waals surface area (Å²) in [6.45, 7) is 0.522. The molecule has 2 aromatic carbocycles. The molecule has 0 atom stereocenters. The largest absolute Gasteiger partial charge is 0.364 e. The van der Waals surface area contributed by atoms with Crippen molar-refractivity contribution in [1.29, 1.82) is 0 Å². The van der Waals surface area contributed by atoms with E-state index in [0.717, 1.165) is 5.56 Å². The molecule has 3 N–H and O–H groups in total.